The van der Waals surface area contributed by atoms with Crippen LogP contribution in [0.5, 0.6) is 0 Å². The van der Waals surface area contributed by atoms with Crippen LogP contribution in [0, 0.1) is 5.82 Å². The van der Waals surface area contributed by atoms with Crippen LogP contribution in [0.25, 0.3) is 10.8 Å². The molecule has 3 aromatic rings. The SMILES string of the molecule is O=C(Cc1ccc2ccccc2c1)NNC(=S)Nc1ccccc1F. The number of carbonyl (C=O) groups is 1. The average Bonchev–Trinajstić information content (AvgIpc) is 2.62. The van der Waals surface area contributed by atoms with E-state index < -0.39 is 5.82 Å². The number of carbonyl (C=O) groups excluding carboxylic acids is 1. The van der Waals surface area contributed by atoms with Gasteiger partial charge in [-0.3, -0.25) is 15.6 Å². The summed E-state index contributed by atoms with van der Waals surface area (Å²) in [7, 11) is 0. The lowest BCUT2D eigenvalue weighted by Crippen LogP contribution is -2.44. The molecule has 6 heteroatoms. The van der Waals surface area contributed by atoms with Crippen LogP contribution in [0.1, 0.15) is 5.56 Å². The smallest absolute Gasteiger partial charge is 0.242 e. The van der Waals surface area contributed by atoms with Crippen molar-refractivity contribution in [1.82, 2.24) is 10.9 Å². The van der Waals surface area contributed by atoms with Crippen LogP contribution in [0.2, 0.25) is 0 Å². The van der Waals surface area contributed by atoms with E-state index in [0.29, 0.717) is 0 Å². The monoisotopic (exact) mass is 353 g/mol. The molecule has 0 saturated heterocycles. The van der Waals surface area contributed by atoms with Crippen LogP contribution in [-0.4, -0.2) is 11.0 Å². The number of hydrazine groups is 1. The molecule has 126 valence electrons. The highest BCUT2D eigenvalue weighted by Crippen LogP contribution is 2.16. The van der Waals surface area contributed by atoms with Gasteiger partial charge in [0.2, 0.25) is 5.91 Å². The fourth-order valence-electron chi connectivity index (χ4n) is 2.42. The molecule has 0 aromatic heterocycles. The average molecular weight is 353 g/mol. The van der Waals surface area contributed by atoms with Crippen LogP contribution in [0.3, 0.4) is 0 Å². The Kier molecular flexibility index (Phi) is 5.20. The van der Waals surface area contributed by atoms with Gasteiger partial charge in [-0.2, -0.15) is 0 Å². The molecule has 0 aliphatic carbocycles. The number of halogens is 1. The zero-order valence-electron chi connectivity index (χ0n) is 13.3. The highest BCUT2D eigenvalue weighted by molar-refractivity contribution is 7.80. The number of hydrogen-bond acceptors (Lipinski definition) is 2. The van der Waals surface area contributed by atoms with Crippen molar-refractivity contribution >= 4 is 39.7 Å². The fourth-order valence-corrected chi connectivity index (χ4v) is 2.58. The number of fused-ring (bicyclic) bond motifs is 1. The van der Waals surface area contributed by atoms with Gasteiger partial charge in [0.15, 0.2) is 5.11 Å². The number of hydrogen-bond donors (Lipinski definition) is 3. The van der Waals surface area contributed by atoms with Crippen molar-refractivity contribution < 1.29 is 9.18 Å². The lowest BCUT2D eigenvalue weighted by Gasteiger charge is -2.12. The Labute approximate surface area is 150 Å². The maximum absolute atomic E-state index is 13.5. The maximum Gasteiger partial charge on any atom is 0.242 e. The largest absolute Gasteiger partial charge is 0.329 e. The van der Waals surface area contributed by atoms with Gasteiger partial charge >= 0.3 is 0 Å². The minimum absolute atomic E-state index is 0.108. The molecule has 0 spiro atoms. The second-order valence-corrected chi connectivity index (χ2v) is 5.87. The number of benzene rings is 3. The van der Waals surface area contributed by atoms with Gasteiger partial charge in [0, 0.05) is 0 Å². The van der Waals surface area contributed by atoms with E-state index in [0.717, 1.165) is 16.3 Å². The van der Waals surface area contributed by atoms with E-state index in [9.17, 15) is 9.18 Å². The third-order valence-electron chi connectivity index (χ3n) is 3.62. The number of anilines is 1. The van der Waals surface area contributed by atoms with Gasteiger partial charge < -0.3 is 5.32 Å². The number of nitrogens with one attached hydrogen (secondary N) is 3. The molecule has 0 radical (unpaired) electrons. The van der Waals surface area contributed by atoms with Crippen molar-refractivity contribution in [3.8, 4) is 0 Å². The zero-order valence-corrected chi connectivity index (χ0v) is 14.1. The van der Waals surface area contributed by atoms with Gasteiger partial charge in [-0.15, -0.1) is 0 Å². The number of amides is 1. The zero-order chi connectivity index (χ0) is 17.6. The normalized spacial score (nSPS) is 10.3. The molecule has 0 atom stereocenters. The van der Waals surface area contributed by atoms with Crippen LogP contribution in [0.15, 0.2) is 66.7 Å². The molecule has 0 aliphatic rings. The van der Waals surface area contributed by atoms with E-state index in [1.54, 1.807) is 18.2 Å². The van der Waals surface area contributed by atoms with E-state index in [2.05, 4.69) is 16.2 Å². The molecule has 0 heterocycles. The molecule has 0 bridgehead atoms. The van der Waals surface area contributed by atoms with Crippen molar-refractivity contribution in [1.29, 1.82) is 0 Å². The van der Waals surface area contributed by atoms with E-state index in [4.69, 9.17) is 12.2 Å². The first kappa shape index (κ1) is 16.9. The summed E-state index contributed by atoms with van der Waals surface area (Å²) in [6.07, 6.45) is 0.208. The first-order chi connectivity index (χ1) is 12.1. The highest BCUT2D eigenvalue weighted by atomic mass is 32.1. The molecular weight excluding hydrogens is 337 g/mol. The molecule has 0 saturated carbocycles. The summed E-state index contributed by atoms with van der Waals surface area (Å²) in [4.78, 5) is 12.0. The predicted molar refractivity (Wildman–Crippen MR) is 102 cm³/mol. The van der Waals surface area contributed by atoms with Crippen LogP contribution in [-0.2, 0) is 11.2 Å². The van der Waals surface area contributed by atoms with Gasteiger partial charge in [-0.1, -0.05) is 54.6 Å². The van der Waals surface area contributed by atoms with Gasteiger partial charge in [0.25, 0.3) is 0 Å². The minimum Gasteiger partial charge on any atom is -0.329 e. The highest BCUT2D eigenvalue weighted by Gasteiger charge is 2.06. The summed E-state index contributed by atoms with van der Waals surface area (Å²) >= 11 is 5.04. The van der Waals surface area contributed by atoms with E-state index >= 15 is 0 Å². The van der Waals surface area contributed by atoms with Gasteiger partial charge in [-0.05, 0) is 40.7 Å². The molecule has 0 fully saturated rings. The first-order valence-electron chi connectivity index (χ1n) is 7.70. The van der Waals surface area contributed by atoms with Crippen molar-refractivity contribution in [2.24, 2.45) is 0 Å². The molecule has 3 N–H and O–H groups in total. The first-order valence-corrected chi connectivity index (χ1v) is 8.11. The molecule has 0 unspecified atom stereocenters. The second kappa shape index (κ2) is 7.72. The summed E-state index contributed by atoms with van der Waals surface area (Å²) in [6, 6.07) is 20.0. The number of para-hydroxylation sites is 1. The van der Waals surface area contributed by atoms with Crippen LogP contribution < -0.4 is 16.2 Å². The quantitative estimate of drug-likeness (QED) is 0.498. The van der Waals surface area contributed by atoms with Crippen molar-refractivity contribution in [3.05, 3.63) is 78.1 Å². The van der Waals surface area contributed by atoms with Gasteiger partial charge in [0.1, 0.15) is 5.82 Å². The van der Waals surface area contributed by atoms with Gasteiger partial charge in [0.05, 0.1) is 12.1 Å². The van der Waals surface area contributed by atoms with Gasteiger partial charge in [-0.25, -0.2) is 4.39 Å². The number of rotatable bonds is 3. The third kappa shape index (κ3) is 4.51. The standard InChI is InChI=1S/C19H16FN3OS/c20-16-7-3-4-8-17(16)21-19(25)23-22-18(24)12-13-9-10-14-5-1-2-6-15(14)11-13/h1-11H,12H2,(H,22,24)(H2,21,23,25). The van der Waals surface area contributed by atoms with Crippen LogP contribution in [0.4, 0.5) is 10.1 Å². The van der Waals surface area contributed by atoms with E-state index in [-0.39, 0.29) is 23.1 Å². The molecule has 25 heavy (non-hydrogen) atoms. The summed E-state index contributed by atoms with van der Waals surface area (Å²) in [5, 5.41) is 5.00. The Morgan fingerprint density at radius 2 is 1.64 bits per heavy atom. The molecule has 3 aromatic carbocycles. The van der Waals surface area contributed by atoms with Crippen molar-refractivity contribution in [3.63, 3.8) is 0 Å². The molecule has 4 nitrogen and oxygen atoms in total. The van der Waals surface area contributed by atoms with Crippen LogP contribution >= 0.6 is 12.2 Å². The summed E-state index contributed by atoms with van der Waals surface area (Å²) < 4.78 is 13.5. The van der Waals surface area contributed by atoms with E-state index in [1.807, 2.05) is 42.5 Å². The molecule has 3 rings (SSSR count). The fraction of sp³-hybridized carbons (Fsp3) is 0.0526. The summed E-state index contributed by atoms with van der Waals surface area (Å²) in [5.74, 6) is -0.665. The second-order valence-electron chi connectivity index (χ2n) is 5.47. The Bertz CT molecular complexity index is 929. The topological polar surface area (TPSA) is 53.2 Å². The predicted octanol–water partition coefficient (Wildman–Crippen LogP) is 3.54. The molecule has 0 aliphatic heterocycles. The third-order valence-corrected chi connectivity index (χ3v) is 3.82. The Hall–Kier alpha value is -2.99. The maximum atomic E-state index is 13.5. The Morgan fingerprint density at radius 3 is 2.44 bits per heavy atom. The lowest BCUT2D eigenvalue weighted by atomic mass is 10.1. The number of thiocarbonyl (C=S) groups is 1. The summed E-state index contributed by atoms with van der Waals surface area (Å²) in [6.45, 7) is 0. The Balaban J connectivity index is 1.53. The summed E-state index contributed by atoms with van der Waals surface area (Å²) in [5.41, 5.74) is 6.21. The van der Waals surface area contributed by atoms with Crippen molar-refractivity contribution in [2.75, 3.05) is 5.32 Å². The Morgan fingerprint density at radius 1 is 0.920 bits per heavy atom. The van der Waals surface area contributed by atoms with E-state index in [1.165, 1.54) is 6.07 Å². The molecular formula is C19H16FN3OS. The minimum atomic E-state index is -0.422. The van der Waals surface area contributed by atoms with Crippen molar-refractivity contribution in [2.45, 2.75) is 6.42 Å². The lowest BCUT2D eigenvalue weighted by molar-refractivity contribution is -0.120. The molecule has 1 amide bonds.